The van der Waals surface area contributed by atoms with Gasteiger partial charge in [0.25, 0.3) is 0 Å². The van der Waals surface area contributed by atoms with Crippen LogP contribution in [0.5, 0.6) is 5.75 Å². The third-order valence-corrected chi connectivity index (χ3v) is 2.34. The lowest BCUT2D eigenvalue weighted by Crippen LogP contribution is -1.91. The first-order valence-electron chi connectivity index (χ1n) is 4.87. The van der Waals surface area contributed by atoms with Crippen LogP contribution in [-0.4, -0.2) is 5.11 Å². The van der Waals surface area contributed by atoms with Gasteiger partial charge in [0.15, 0.2) is 0 Å². The zero-order valence-electron chi connectivity index (χ0n) is 8.76. The molecule has 16 heavy (non-hydrogen) atoms. The van der Waals surface area contributed by atoms with Crippen molar-refractivity contribution >= 4 is 18.1 Å². The molecule has 3 N–H and O–H groups in total. The lowest BCUT2D eigenvalue weighted by Gasteiger charge is -2.05. The summed E-state index contributed by atoms with van der Waals surface area (Å²) in [5.41, 5.74) is 8.38. The molecule has 0 saturated heterocycles. The third kappa shape index (κ3) is 2.91. The van der Waals surface area contributed by atoms with Crippen molar-refractivity contribution in [1.29, 1.82) is 0 Å². The van der Waals surface area contributed by atoms with Gasteiger partial charge in [-0.3, -0.25) is 0 Å². The number of hydrogen-bond acceptors (Lipinski definition) is 2. The predicted octanol–water partition coefficient (Wildman–Crippen LogP) is 2.99. The zero-order chi connectivity index (χ0) is 10.7. The maximum Gasteiger partial charge on any atom is 0.119 e. The van der Waals surface area contributed by atoms with Crippen LogP contribution in [0.25, 0.3) is 0 Å². The van der Waals surface area contributed by atoms with Gasteiger partial charge in [0.1, 0.15) is 5.75 Å². The minimum absolute atomic E-state index is 0. The minimum atomic E-state index is 0. The highest BCUT2D eigenvalue weighted by molar-refractivity contribution is 5.85. The summed E-state index contributed by atoms with van der Waals surface area (Å²) in [6, 6.07) is 15.1. The van der Waals surface area contributed by atoms with Crippen molar-refractivity contribution in [3.05, 3.63) is 59.7 Å². The van der Waals surface area contributed by atoms with Gasteiger partial charge in [0.2, 0.25) is 0 Å². The summed E-state index contributed by atoms with van der Waals surface area (Å²) in [5.74, 6) is 0.299. The number of phenolic OH excluding ortho intramolecular Hbond substituents is 1. The third-order valence-electron chi connectivity index (χ3n) is 2.34. The molecule has 84 valence electrons. The summed E-state index contributed by atoms with van der Waals surface area (Å²) in [5, 5.41) is 9.64. The van der Waals surface area contributed by atoms with E-state index in [2.05, 4.69) is 0 Å². The maximum absolute atomic E-state index is 9.64. The molecule has 0 amide bonds. The van der Waals surface area contributed by atoms with Gasteiger partial charge in [-0.2, -0.15) is 0 Å². The highest BCUT2D eigenvalue weighted by Gasteiger charge is 2.02. The van der Waals surface area contributed by atoms with Crippen molar-refractivity contribution in [2.75, 3.05) is 5.73 Å². The predicted molar refractivity (Wildman–Crippen MR) is 69.0 cm³/mol. The number of hydrogen-bond donors (Lipinski definition) is 2. The number of rotatable bonds is 2. The Labute approximate surface area is 101 Å². The number of nitrogens with two attached hydrogens (primary N) is 1. The molecule has 0 fully saturated rings. The first-order chi connectivity index (χ1) is 7.25. The molecule has 0 spiro atoms. The minimum Gasteiger partial charge on any atom is -0.508 e. The molecule has 0 atom stereocenters. The van der Waals surface area contributed by atoms with Crippen molar-refractivity contribution in [3.63, 3.8) is 0 Å². The van der Waals surface area contributed by atoms with E-state index in [0.717, 1.165) is 5.56 Å². The second kappa shape index (κ2) is 5.42. The lowest BCUT2D eigenvalue weighted by molar-refractivity contribution is 0.469. The molecule has 0 aliphatic heterocycles. The molecule has 2 nitrogen and oxygen atoms in total. The van der Waals surface area contributed by atoms with Gasteiger partial charge in [-0.05, 0) is 23.8 Å². The normalized spacial score (nSPS) is 9.50. The number of aromatic hydroxyl groups is 1. The monoisotopic (exact) mass is 235 g/mol. The standard InChI is InChI=1S/C13H13NO.ClH/c14-12-6-7-13(15)11(9-12)8-10-4-2-1-3-5-10;/h1-7,9,15H,8,14H2;1H. The molecular weight excluding hydrogens is 222 g/mol. The van der Waals surface area contributed by atoms with Crippen LogP contribution in [-0.2, 0) is 6.42 Å². The van der Waals surface area contributed by atoms with Crippen LogP contribution in [0.1, 0.15) is 11.1 Å². The number of benzene rings is 2. The average Bonchev–Trinajstić information content (AvgIpc) is 2.25. The van der Waals surface area contributed by atoms with E-state index >= 15 is 0 Å². The highest BCUT2D eigenvalue weighted by Crippen LogP contribution is 2.22. The van der Waals surface area contributed by atoms with Crippen molar-refractivity contribution in [2.24, 2.45) is 0 Å². The molecular formula is C13H14ClNO. The summed E-state index contributed by atoms with van der Waals surface area (Å²) in [4.78, 5) is 0. The summed E-state index contributed by atoms with van der Waals surface area (Å²) >= 11 is 0. The quantitative estimate of drug-likeness (QED) is 0.621. The second-order valence-electron chi connectivity index (χ2n) is 3.55. The summed E-state index contributed by atoms with van der Waals surface area (Å²) in [6.07, 6.45) is 0.706. The Bertz CT molecular complexity index is 457. The second-order valence-corrected chi connectivity index (χ2v) is 3.55. The van der Waals surface area contributed by atoms with E-state index in [1.54, 1.807) is 12.1 Å². The smallest absolute Gasteiger partial charge is 0.119 e. The van der Waals surface area contributed by atoms with Crippen LogP contribution < -0.4 is 5.73 Å². The van der Waals surface area contributed by atoms with Crippen LogP contribution in [0.15, 0.2) is 48.5 Å². The fourth-order valence-electron chi connectivity index (χ4n) is 1.56. The molecule has 0 aliphatic carbocycles. The van der Waals surface area contributed by atoms with Crippen molar-refractivity contribution in [3.8, 4) is 5.75 Å². The van der Waals surface area contributed by atoms with Crippen LogP contribution in [0.3, 0.4) is 0 Å². The van der Waals surface area contributed by atoms with E-state index in [9.17, 15) is 5.11 Å². The average molecular weight is 236 g/mol. The Morgan fingerprint density at radius 1 is 1.00 bits per heavy atom. The van der Waals surface area contributed by atoms with E-state index < -0.39 is 0 Å². The van der Waals surface area contributed by atoms with Crippen LogP contribution in [0.2, 0.25) is 0 Å². The molecule has 3 heteroatoms. The number of anilines is 1. The van der Waals surface area contributed by atoms with Gasteiger partial charge < -0.3 is 10.8 Å². The molecule has 0 bridgehead atoms. The van der Waals surface area contributed by atoms with E-state index in [1.807, 2.05) is 36.4 Å². The van der Waals surface area contributed by atoms with E-state index in [4.69, 9.17) is 5.73 Å². The SMILES string of the molecule is Cl.Nc1ccc(O)c(Cc2ccccc2)c1. The van der Waals surface area contributed by atoms with Crippen LogP contribution in [0, 0.1) is 0 Å². The van der Waals surface area contributed by atoms with Crippen molar-refractivity contribution in [1.82, 2.24) is 0 Å². The summed E-state index contributed by atoms with van der Waals surface area (Å²) < 4.78 is 0. The van der Waals surface area contributed by atoms with E-state index in [1.165, 1.54) is 5.56 Å². The molecule has 0 radical (unpaired) electrons. The maximum atomic E-state index is 9.64. The summed E-state index contributed by atoms with van der Waals surface area (Å²) in [7, 11) is 0. The molecule has 0 saturated carbocycles. The van der Waals surface area contributed by atoms with Gasteiger partial charge in [-0.15, -0.1) is 12.4 Å². The lowest BCUT2D eigenvalue weighted by atomic mass is 10.0. The number of phenols is 1. The van der Waals surface area contributed by atoms with Gasteiger partial charge in [-0.25, -0.2) is 0 Å². The fourth-order valence-corrected chi connectivity index (χ4v) is 1.56. The fraction of sp³-hybridized carbons (Fsp3) is 0.0769. The summed E-state index contributed by atoms with van der Waals surface area (Å²) in [6.45, 7) is 0. The number of nitrogen functional groups attached to an aromatic ring is 1. The zero-order valence-corrected chi connectivity index (χ0v) is 9.58. The molecule has 2 aromatic carbocycles. The van der Waals surface area contributed by atoms with Crippen LogP contribution >= 0.6 is 12.4 Å². The largest absolute Gasteiger partial charge is 0.508 e. The molecule has 2 aromatic rings. The Morgan fingerprint density at radius 3 is 2.38 bits per heavy atom. The van der Waals surface area contributed by atoms with Gasteiger partial charge in [-0.1, -0.05) is 30.3 Å². The Balaban J connectivity index is 0.00000128. The van der Waals surface area contributed by atoms with Gasteiger partial charge in [0.05, 0.1) is 0 Å². The molecule has 0 heterocycles. The van der Waals surface area contributed by atoms with E-state index in [0.29, 0.717) is 17.9 Å². The first kappa shape index (κ1) is 12.4. The molecule has 0 aromatic heterocycles. The first-order valence-corrected chi connectivity index (χ1v) is 4.87. The van der Waals surface area contributed by atoms with Gasteiger partial charge >= 0.3 is 0 Å². The Morgan fingerprint density at radius 2 is 1.69 bits per heavy atom. The van der Waals surface area contributed by atoms with E-state index in [-0.39, 0.29) is 12.4 Å². The molecule has 0 aliphatic rings. The van der Waals surface area contributed by atoms with Crippen molar-refractivity contribution in [2.45, 2.75) is 6.42 Å². The van der Waals surface area contributed by atoms with Crippen LogP contribution in [0.4, 0.5) is 5.69 Å². The molecule has 0 unspecified atom stereocenters. The Hall–Kier alpha value is -1.67. The highest BCUT2D eigenvalue weighted by atomic mass is 35.5. The van der Waals surface area contributed by atoms with Crippen molar-refractivity contribution < 1.29 is 5.11 Å². The molecule has 2 rings (SSSR count). The van der Waals surface area contributed by atoms with Gasteiger partial charge in [0, 0.05) is 17.7 Å². The number of halogens is 1. The Kier molecular flexibility index (Phi) is 4.20. The topological polar surface area (TPSA) is 46.2 Å².